The summed E-state index contributed by atoms with van der Waals surface area (Å²) in [7, 11) is 3.02. The zero-order chi connectivity index (χ0) is 25.7. The average Bonchev–Trinajstić information content (AvgIpc) is 3.15. The first-order valence-corrected chi connectivity index (χ1v) is 11.4. The van der Waals surface area contributed by atoms with Gasteiger partial charge in [-0.25, -0.2) is 19.3 Å². The molecule has 0 spiro atoms. The molecule has 1 saturated heterocycles. The number of rotatable bonds is 6. The number of hydrogen-bond donors (Lipinski definition) is 2. The Morgan fingerprint density at radius 2 is 1.83 bits per heavy atom. The van der Waals surface area contributed by atoms with Gasteiger partial charge in [-0.3, -0.25) is 9.59 Å². The third-order valence-electron chi connectivity index (χ3n) is 5.81. The second-order valence-corrected chi connectivity index (χ2v) is 8.09. The summed E-state index contributed by atoms with van der Waals surface area (Å²) in [6, 6.07) is 5.28. The van der Waals surface area contributed by atoms with Gasteiger partial charge < -0.3 is 25.2 Å². The minimum Gasteiger partial charge on any atom is -0.494 e. The zero-order valence-corrected chi connectivity index (χ0v) is 20.3. The molecule has 2 N–H and O–H groups in total. The number of anilines is 3. The van der Waals surface area contributed by atoms with E-state index in [1.807, 2.05) is 4.90 Å². The maximum Gasteiger partial charge on any atom is 0.256 e. The van der Waals surface area contributed by atoms with Crippen LogP contribution in [0.1, 0.15) is 23.7 Å². The van der Waals surface area contributed by atoms with Crippen LogP contribution in [0.2, 0.25) is 0 Å². The van der Waals surface area contributed by atoms with Crippen LogP contribution in [0.3, 0.4) is 0 Å². The van der Waals surface area contributed by atoms with Gasteiger partial charge in [0, 0.05) is 46.3 Å². The molecule has 0 bridgehead atoms. The zero-order valence-electron chi connectivity index (χ0n) is 20.3. The fraction of sp³-hybridized carbons (Fsp3) is 0.333. The van der Waals surface area contributed by atoms with E-state index in [1.165, 1.54) is 20.4 Å². The van der Waals surface area contributed by atoms with Crippen LogP contribution in [0.4, 0.5) is 21.8 Å². The van der Waals surface area contributed by atoms with Crippen molar-refractivity contribution in [3.63, 3.8) is 0 Å². The maximum atomic E-state index is 13.3. The molecule has 1 aromatic carbocycles. The summed E-state index contributed by atoms with van der Waals surface area (Å²) in [5, 5.41) is 5.80. The van der Waals surface area contributed by atoms with Gasteiger partial charge in [0.2, 0.25) is 11.9 Å². The van der Waals surface area contributed by atoms with Crippen molar-refractivity contribution in [3.8, 4) is 17.1 Å². The number of amides is 2. The SMILES string of the molecule is CNC(=O)c1cnc(N2CCCN(C(C)=O)CC2)nc1Nc1cccc(-c2ncc(F)cn2)c1OC. The van der Waals surface area contributed by atoms with Gasteiger partial charge in [0.25, 0.3) is 5.91 Å². The van der Waals surface area contributed by atoms with Crippen LogP contribution < -0.4 is 20.3 Å². The largest absolute Gasteiger partial charge is 0.494 e. The summed E-state index contributed by atoms with van der Waals surface area (Å²) < 4.78 is 19.0. The maximum absolute atomic E-state index is 13.3. The first kappa shape index (κ1) is 24.8. The Bertz CT molecular complexity index is 1250. The molecular formula is C24H27FN8O3. The predicted molar refractivity (Wildman–Crippen MR) is 132 cm³/mol. The predicted octanol–water partition coefficient (Wildman–Crippen LogP) is 2.24. The van der Waals surface area contributed by atoms with Crippen LogP contribution in [-0.2, 0) is 4.79 Å². The number of ether oxygens (including phenoxy) is 1. The van der Waals surface area contributed by atoms with E-state index in [9.17, 15) is 14.0 Å². The molecule has 1 aliphatic rings. The van der Waals surface area contributed by atoms with Gasteiger partial charge in [-0.05, 0) is 18.6 Å². The Labute approximate surface area is 207 Å². The van der Waals surface area contributed by atoms with Crippen molar-refractivity contribution in [1.29, 1.82) is 0 Å². The number of aromatic nitrogens is 4. The Balaban J connectivity index is 1.70. The number of benzene rings is 1. The second-order valence-electron chi connectivity index (χ2n) is 8.09. The number of methoxy groups -OCH3 is 1. The summed E-state index contributed by atoms with van der Waals surface area (Å²) in [5.41, 5.74) is 1.29. The van der Waals surface area contributed by atoms with E-state index in [2.05, 4.69) is 30.6 Å². The fourth-order valence-corrected chi connectivity index (χ4v) is 3.96. The second kappa shape index (κ2) is 10.9. The number of hydrogen-bond acceptors (Lipinski definition) is 9. The van der Waals surface area contributed by atoms with Crippen LogP contribution in [-0.4, -0.2) is 77.0 Å². The number of carbonyl (C=O) groups excluding carboxylic acids is 2. The number of halogens is 1. The number of carbonyl (C=O) groups is 2. The van der Waals surface area contributed by atoms with E-state index in [0.29, 0.717) is 49.1 Å². The van der Waals surface area contributed by atoms with Crippen LogP contribution in [0.25, 0.3) is 11.4 Å². The molecule has 36 heavy (non-hydrogen) atoms. The van der Waals surface area contributed by atoms with E-state index in [-0.39, 0.29) is 29.0 Å². The molecule has 11 nitrogen and oxygen atoms in total. The van der Waals surface area contributed by atoms with Gasteiger partial charge >= 0.3 is 0 Å². The van der Waals surface area contributed by atoms with Crippen LogP contribution in [0, 0.1) is 5.82 Å². The molecule has 188 valence electrons. The summed E-state index contributed by atoms with van der Waals surface area (Å²) in [6.45, 7) is 4.03. The van der Waals surface area contributed by atoms with Crippen molar-refractivity contribution in [3.05, 3.63) is 48.2 Å². The van der Waals surface area contributed by atoms with Crippen molar-refractivity contribution >= 4 is 29.3 Å². The third kappa shape index (κ3) is 5.32. The van der Waals surface area contributed by atoms with Gasteiger partial charge in [0.1, 0.15) is 11.4 Å². The Morgan fingerprint density at radius 1 is 1.06 bits per heavy atom. The number of para-hydroxylation sites is 1. The summed E-state index contributed by atoms with van der Waals surface area (Å²) in [5.74, 6) is 0.531. The molecule has 3 aromatic rings. The highest BCUT2D eigenvalue weighted by Gasteiger charge is 2.22. The van der Waals surface area contributed by atoms with Crippen molar-refractivity contribution in [2.45, 2.75) is 13.3 Å². The van der Waals surface area contributed by atoms with Crippen LogP contribution in [0.15, 0.2) is 36.8 Å². The van der Waals surface area contributed by atoms with Gasteiger partial charge in [-0.2, -0.15) is 4.98 Å². The van der Waals surface area contributed by atoms with E-state index in [1.54, 1.807) is 30.0 Å². The highest BCUT2D eigenvalue weighted by Crippen LogP contribution is 2.36. The van der Waals surface area contributed by atoms with E-state index in [4.69, 9.17) is 4.74 Å². The molecule has 0 aliphatic carbocycles. The van der Waals surface area contributed by atoms with Gasteiger partial charge in [-0.1, -0.05) is 6.07 Å². The van der Waals surface area contributed by atoms with Gasteiger partial charge in [-0.15, -0.1) is 0 Å². The lowest BCUT2D eigenvalue weighted by atomic mass is 10.1. The molecule has 0 unspecified atom stereocenters. The molecule has 0 atom stereocenters. The van der Waals surface area contributed by atoms with Gasteiger partial charge in [0.05, 0.1) is 30.8 Å². The highest BCUT2D eigenvalue weighted by molar-refractivity contribution is 5.99. The lowest BCUT2D eigenvalue weighted by molar-refractivity contribution is -0.128. The van der Waals surface area contributed by atoms with Crippen molar-refractivity contribution in [2.75, 3.05) is 50.6 Å². The minimum atomic E-state index is -0.546. The molecular weight excluding hydrogens is 467 g/mol. The monoisotopic (exact) mass is 494 g/mol. The highest BCUT2D eigenvalue weighted by atomic mass is 19.1. The molecule has 1 aliphatic heterocycles. The molecule has 12 heteroatoms. The van der Waals surface area contributed by atoms with Gasteiger partial charge in [0.15, 0.2) is 17.4 Å². The molecule has 2 amide bonds. The van der Waals surface area contributed by atoms with E-state index in [0.717, 1.165) is 18.8 Å². The van der Waals surface area contributed by atoms with Crippen molar-refractivity contribution < 1.29 is 18.7 Å². The molecule has 2 aromatic heterocycles. The van der Waals surface area contributed by atoms with E-state index >= 15 is 0 Å². The Hall–Kier alpha value is -4.35. The fourth-order valence-electron chi connectivity index (χ4n) is 3.96. The van der Waals surface area contributed by atoms with Crippen molar-refractivity contribution in [1.82, 2.24) is 30.2 Å². The topological polar surface area (TPSA) is 125 Å². The third-order valence-corrected chi connectivity index (χ3v) is 5.81. The normalized spacial score (nSPS) is 13.7. The molecule has 3 heterocycles. The Kier molecular flexibility index (Phi) is 7.52. The number of nitrogens with one attached hydrogen (secondary N) is 2. The summed E-state index contributed by atoms with van der Waals surface area (Å²) >= 11 is 0. The summed E-state index contributed by atoms with van der Waals surface area (Å²) in [4.78, 5) is 45.4. The lowest BCUT2D eigenvalue weighted by Gasteiger charge is -2.22. The van der Waals surface area contributed by atoms with E-state index < -0.39 is 5.82 Å². The standard InChI is InChI=1S/C24H27FN8O3/c1-15(34)32-8-5-9-33(11-10-32)24-29-14-18(23(35)26-2)22(31-24)30-19-7-4-6-17(20(19)36-3)21-27-12-16(25)13-28-21/h4,6-7,12-14H,5,8-11H2,1-3H3,(H,26,35)(H,29,30,31). The van der Waals surface area contributed by atoms with Crippen LogP contribution in [0.5, 0.6) is 5.75 Å². The van der Waals surface area contributed by atoms with Crippen molar-refractivity contribution in [2.24, 2.45) is 0 Å². The first-order valence-electron chi connectivity index (χ1n) is 11.4. The lowest BCUT2D eigenvalue weighted by Crippen LogP contribution is -2.34. The molecule has 0 radical (unpaired) electrons. The molecule has 4 rings (SSSR count). The minimum absolute atomic E-state index is 0.0344. The molecule has 1 fully saturated rings. The average molecular weight is 495 g/mol. The van der Waals surface area contributed by atoms with Crippen LogP contribution >= 0.6 is 0 Å². The first-order chi connectivity index (χ1) is 17.4. The summed E-state index contributed by atoms with van der Waals surface area (Å²) in [6.07, 6.45) is 4.40. The molecule has 0 saturated carbocycles. The number of nitrogens with zero attached hydrogens (tertiary/aromatic N) is 6. The smallest absolute Gasteiger partial charge is 0.256 e. The Morgan fingerprint density at radius 3 is 2.53 bits per heavy atom. The quantitative estimate of drug-likeness (QED) is 0.531.